The Balaban J connectivity index is 1.69. The van der Waals surface area contributed by atoms with Crippen LogP contribution in [0.15, 0.2) is 60.7 Å². The molecule has 0 radical (unpaired) electrons. The van der Waals surface area contributed by atoms with Crippen LogP contribution in [0.5, 0.6) is 0 Å². The molecule has 0 saturated heterocycles. The van der Waals surface area contributed by atoms with E-state index in [4.69, 9.17) is 0 Å². The van der Waals surface area contributed by atoms with E-state index in [-0.39, 0.29) is 17.9 Å². The van der Waals surface area contributed by atoms with Crippen molar-refractivity contribution in [2.45, 2.75) is 25.8 Å². The molecule has 1 aliphatic heterocycles. The van der Waals surface area contributed by atoms with Gasteiger partial charge in [0.05, 0.1) is 5.69 Å². The smallest absolute Gasteiger partial charge is 0.307 e. The second kappa shape index (κ2) is 6.20. The first-order valence-electron chi connectivity index (χ1n) is 8.50. The van der Waals surface area contributed by atoms with Crippen LogP contribution in [0.25, 0.3) is 10.8 Å². The van der Waals surface area contributed by atoms with Crippen molar-refractivity contribution in [2.75, 3.05) is 10.2 Å². The van der Waals surface area contributed by atoms with Crippen LogP contribution >= 0.6 is 0 Å². The predicted octanol–water partition coefficient (Wildman–Crippen LogP) is 5.35. The number of carbonyl (C=O) groups is 1. The Kier molecular flexibility index (Phi) is 3.88. The molecule has 0 bridgehead atoms. The Morgan fingerprint density at radius 3 is 2.80 bits per heavy atom. The van der Waals surface area contributed by atoms with E-state index in [0.29, 0.717) is 0 Å². The molecule has 0 spiro atoms. The van der Waals surface area contributed by atoms with Gasteiger partial charge in [0.2, 0.25) is 0 Å². The van der Waals surface area contributed by atoms with Crippen molar-refractivity contribution in [3.8, 4) is 0 Å². The highest BCUT2D eigenvalue weighted by Gasteiger charge is 2.28. The molecule has 1 N–H and O–H groups in total. The lowest BCUT2D eigenvalue weighted by molar-refractivity contribution is 0.254. The SMILES string of the molecule is C[C@H]1CCc2cc(F)ccc2N1C(=O)Nc1cccc2ccccc12. The van der Waals surface area contributed by atoms with Gasteiger partial charge in [0.1, 0.15) is 5.82 Å². The van der Waals surface area contributed by atoms with Gasteiger partial charge in [0, 0.05) is 17.1 Å². The number of fused-ring (bicyclic) bond motifs is 2. The van der Waals surface area contributed by atoms with E-state index < -0.39 is 0 Å². The predicted molar refractivity (Wildman–Crippen MR) is 99.6 cm³/mol. The minimum atomic E-state index is -0.261. The van der Waals surface area contributed by atoms with Crippen LogP contribution in [0.4, 0.5) is 20.6 Å². The van der Waals surface area contributed by atoms with E-state index >= 15 is 0 Å². The summed E-state index contributed by atoms with van der Waals surface area (Å²) in [6.45, 7) is 2.02. The molecule has 3 aromatic carbocycles. The highest BCUT2D eigenvalue weighted by Crippen LogP contribution is 2.32. The van der Waals surface area contributed by atoms with Crippen molar-refractivity contribution in [1.29, 1.82) is 0 Å². The molecule has 2 amide bonds. The van der Waals surface area contributed by atoms with Gasteiger partial charge in [-0.1, -0.05) is 36.4 Å². The van der Waals surface area contributed by atoms with E-state index in [0.717, 1.165) is 40.6 Å². The van der Waals surface area contributed by atoms with Gasteiger partial charge >= 0.3 is 6.03 Å². The highest BCUT2D eigenvalue weighted by atomic mass is 19.1. The van der Waals surface area contributed by atoms with E-state index in [1.54, 1.807) is 11.0 Å². The Morgan fingerprint density at radius 1 is 1.12 bits per heavy atom. The maximum Gasteiger partial charge on any atom is 0.326 e. The number of urea groups is 1. The van der Waals surface area contributed by atoms with Crippen LogP contribution < -0.4 is 10.2 Å². The Morgan fingerprint density at radius 2 is 1.92 bits per heavy atom. The maximum absolute atomic E-state index is 13.5. The maximum atomic E-state index is 13.5. The number of aryl methyl sites for hydroxylation is 1. The van der Waals surface area contributed by atoms with Gasteiger partial charge in [-0.2, -0.15) is 0 Å². The summed E-state index contributed by atoms with van der Waals surface area (Å²) in [4.78, 5) is 14.7. The molecule has 1 aliphatic rings. The standard InChI is InChI=1S/C21H19FN2O/c1-14-9-10-16-13-17(22)11-12-20(16)24(14)21(25)23-19-8-4-6-15-5-2-3-7-18(15)19/h2-8,11-14H,9-10H2,1H3,(H,23,25)/t14-/m0/s1. The van der Waals surface area contributed by atoms with Crippen LogP contribution in [0.3, 0.4) is 0 Å². The summed E-state index contributed by atoms with van der Waals surface area (Å²) < 4.78 is 13.5. The first kappa shape index (κ1) is 15.6. The third-order valence-electron chi connectivity index (χ3n) is 4.82. The van der Waals surface area contributed by atoms with Gasteiger partial charge in [-0.05, 0) is 55.0 Å². The van der Waals surface area contributed by atoms with E-state index in [9.17, 15) is 9.18 Å². The largest absolute Gasteiger partial charge is 0.326 e. The number of anilines is 2. The third-order valence-corrected chi connectivity index (χ3v) is 4.82. The van der Waals surface area contributed by atoms with Crippen molar-refractivity contribution in [1.82, 2.24) is 0 Å². The molecule has 0 unspecified atom stereocenters. The monoisotopic (exact) mass is 334 g/mol. The molecule has 0 aromatic heterocycles. The molecule has 4 rings (SSSR count). The van der Waals surface area contributed by atoms with Crippen LogP contribution in [0.2, 0.25) is 0 Å². The van der Waals surface area contributed by atoms with E-state index in [1.807, 2.05) is 49.4 Å². The average molecular weight is 334 g/mol. The second-order valence-corrected chi connectivity index (χ2v) is 6.49. The van der Waals surface area contributed by atoms with Crippen molar-refractivity contribution in [3.05, 3.63) is 72.0 Å². The molecule has 0 fully saturated rings. The molecule has 1 heterocycles. The molecular weight excluding hydrogens is 315 g/mol. The van der Waals surface area contributed by atoms with Crippen molar-refractivity contribution in [3.63, 3.8) is 0 Å². The van der Waals surface area contributed by atoms with Crippen LogP contribution in [0.1, 0.15) is 18.9 Å². The van der Waals surface area contributed by atoms with Crippen molar-refractivity contribution < 1.29 is 9.18 Å². The summed E-state index contributed by atoms with van der Waals surface area (Å²) >= 11 is 0. The number of halogens is 1. The molecule has 3 nitrogen and oxygen atoms in total. The fourth-order valence-electron chi connectivity index (χ4n) is 3.54. The normalized spacial score (nSPS) is 16.6. The lowest BCUT2D eigenvalue weighted by Crippen LogP contribution is -2.44. The van der Waals surface area contributed by atoms with Gasteiger partial charge < -0.3 is 5.32 Å². The van der Waals surface area contributed by atoms with Gasteiger partial charge in [0.25, 0.3) is 0 Å². The molecule has 0 saturated carbocycles. The number of rotatable bonds is 1. The van der Waals surface area contributed by atoms with Crippen LogP contribution in [-0.2, 0) is 6.42 Å². The molecule has 4 heteroatoms. The Labute approximate surface area is 146 Å². The van der Waals surface area contributed by atoms with E-state index in [2.05, 4.69) is 5.32 Å². The minimum Gasteiger partial charge on any atom is -0.307 e. The first-order chi connectivity index (χ1) is 12.1. The number of nitrogens with zero attached hydrogens (tertiary/aromatic N) is 1. The summed E-state index contributed by atoms with van der Waals surface area (Å²) in [5.74, 6) is -0.261. The zero-order chi connectivity index (χ0) is 17.4. The summed E-state index contributed by atoms with van der Waals surface area (Å²) in [5.41, 5.74) is 2.45. The van der Waals surface area contributed by atoms with Crippen molar-refractivity contribution >= 4 is 28.2 Å². The Hall–Kier alpha value is -2.88. The molecular formula is C21H19FN2O. The highest BCUT2D eigenvalue weighted by molar-refractivity contribution is 6.08. The summed E-state index contributed by atoms with van der Waals surface area (Å²) in [6.07, 6.45) is 1.60. The molecule has 25 heavy (non-hydrogen) atoms. The fourth-order valence-corrected chi connectivity index (χ4v) is 3.54. The molecule has 1 atom stereocenters. The second-order valence-electron chi connectivity index (χ2n) is 6.49. The third kappa shape index (κ3) is 2.84. The minimum absolute atomic E-state index is 0.0629. The summed E-state index contributed by atoms with van der Waals surface area (Å²) in [7, 11) is 0. The molecule has 3 aromatic rings. The number of nitrogens with one attached hydrogen (secondary N) is 1. The first-order valence-corrected chi connectivity index (χ1v) is 8.50. The van der Waals surface area contributed by atoms with Crippen LogP contribution in [-0.4, -0.2) is 12.1 Å². The average Bonchev–Trinajstić information content (AvgIpc) is 2.62. The number of carbonyl (C=O) groups excluding carboxylic acids is 1. The van der Waals surface area contributed by atoms with E-state index in [1.165, 1.54) is 12.1 Å². The summed E-state index contributed by atoms with van der Waals surface area (Å²) in [5, 5.41) is 5.11. The van der Waals surface area contributed by atoms with Gasteiger partial charge in [-0.25, -0.2) is 9.18 Å². The quantitative estimate of drug-likeness (QED) is 0.639. The van der Waals surface area contributed by atoms with Gasteiger partial charge in [0.15, 0.2) is 0 Å². The fraction of sp³-hybridized carbons (Fsp3) is 0.190. The zero-order valence-corrected chi connectivity index (χ0v) is 14.0. The number of hydrogen-bond donors (Lipinski definition) is 1. The van der Waals surface area contributed by atoms with Crippen LogP contribution in [0, 0.1) is 5.82 Å². The number of hydrogen-bond acceptors (Lipinski definition) is 1. The Bertz CT molecular complexity index is 948. The molecule has 0 aliphatic carbocycles. The molecule has 126 valence electrons. The lowest BCUT2D eigenvalue weighted by Gasteiger charge is -2.35. The topological polar surface area (TPSA) is 32.3 Å². The van der Waals surface area contributed by atoms with Crippen molar-refractivity contribution in [2.24, 2.45) is 0 Å². The van der Waals surface area contributed by atoms with Gasteiger partial charge in [-0.15, -0.1) is 0 Å². The number of amides is 2. The number of benzene rings is 3. The zero-order valence-electron chi connectivity index (χ0n) is 14.0. The van der Waals surface area contributed by atoms with Gasteiger partial charge in [-0.3, -0.25) is 4.90 Å². The lowest BCUT2D eigenvalue weighted by atomic mass is 9.97. The summed E-state index contributed by atoms with van der Waals surface area (Å²) in [6, 6.07) is 18.3.